The second-order valence-corrected chi connectivity index (χ2v) is 9.38. The average molecular weight is 343 g/mol. The number of carbonyl (C=O) groups excluding carboxylic acids is 1. The van der Waals surface area contributed by atoms with Gasteiger partial charge in [0.15, 0.2) is 5.01 Å². The molecular weight excluding hydrogens is 318 g/mol. The molecule has 2 aliphatic rings. The molecule has 0 saturated heterocycles. The van der Waals surface area contributed by atoms with Crippen molar-refractivity contribution in [1.82, 2.24) is 9.97 Å². The van der Waals surface area contributed by atoms with Crippen molar-refractivity contribution in [3.8, 4) is 0 Å². The molecule has 2 heterocycles. The average Bonchev–Trinajstić information content (AvgIpc) is 3.04. The Hall–Kier alpha value is -1.49. The Kier molecular flexibility index (Phi) is 3.68. The Balaban J connectivity index is 1.59. The highest BCUT2D eigenvalue weighted by Crippen LogP contribution is 2.50. The van der Waals surface area contributed by atoms with Crippen molar-refractivity contribution < 1.29 is 4.79 Å². The molecule has 0 aliphatic heterocycles. The van der Waals surface area contributed by atoms with Gasteiger partial charge < -0.3 is 5.73 Å². The van der Waals surface area contributed by atoms with Crippen LogP contribution in [0.15, 0.2) is 6.07 Å². The van der Waals surface area contributed by atoms with Crippen molar-refractivity contribution in [1.29, 1.82) is 0 Å². The molecule has 2 N–H and O–H groups in total. The van der Waals surface area contributed by atoms with Gasteiger partial charge in [-0.05, 0) is 66.9 Å². The quantitative estimate of drug-likeness (QED) is 0.913. The fourth-order valence-electron chi connectivity index (χ4n) is 4.31. The molecule has 0 aromatic carbocycles. The van der Waals surface area contributed by atoms with Crippen molar-refractivity contribution in [2.24, 2.45) is 28.9 Å². The van der Waals surface area contributed by atoms with E-state index < -0.39 is 5.91 Å². The minimum absolute atomic E-state index is 0.361. The van der Waals surface area contributed by atoms with Crippen LogP contribution < -0.4 is 5.73 Å². The highest BCUT2D eigenvalue weighted by molar-refractivity contribution is 7.19. The molecule has 0 bridgehead atoms. The van der Waals surface area contributed by atoms with Gasteiger partial charge in [-0.1, -0.05) is 32.1 Å². The molecule has 1 amide bonds. The fraction of sp³-hybridized carbons (Fsp3) is 0.632. The Morgan fingerprint density at radius 3 is 2.83 bits per heavy atom. The molecule has 128 valence electrons. The zero-order valence-corrected chi connectivity index (χ0v) is 15.4. The highest BCUT2D eigenvalue weighted by atomic mass is 32.1. The van der Waals surface area contributed by atoms with E-state index in [1.54, 1.807) is 0 Å². The molecule has 1 saturated carbocycles. The number of primary amides is 1. The Morgan fingerprint density at radius 2 is 2.17 bits per heavy atom. The van der Waals surface area contributed by atoms with E-state index in [2.05, 4.69) is 31.8 Å². The largest absolute Gasteiger partial charge is 0.364 e. The second kappa shape index (κ2) is 5.51. The van der Waals surface area contributed by atoms with Crippen LogP contribution in [0, 0.1) is 23.2 Å². The van der Waals surface area contributed by atoms with Crippen LogP contribution >= 0.6 is 11.3 Å². The first-order valence-corrected chi connectivity index (χ1v) is 9.74. The van der Waals surface area contributed by atoms with E-state index in [-0.39, 0.29) is 0 Å². The lowest BCUT2D eigenvalue weighted by atomic mass is 9.68. The maximum atomic E-state index is 11.4. The number of carbonyl (C=O) groups is 1. The van der Waals surface area contributed by atoms with E-state index in [1.807, 2.05) is 0 Å². The third-order valence-electron chi connectivity index (χ3n) is 6.13. The number of aromatic nitrogens is 2. The number of hydrogen-bond donors (Lipinski definition) is 1. The van der Waals surface area contributed by atoms with Crippen LogP contribution in [0.4, 0.5) is 0 Å². The fourth-order valence-corrected chi connectivity index (χ4v) is 5.10. The summed E-state index contributed by atoms with van der Waals surface area (Å²) in [7, 11) is 0. The second-order valence-electron chi connectivity index (χ2n) is 8.41. The zero-order valence-electron chi connectivity index (χ0n) is 14.6. The van der Waals surface area contributed by atoms with Crippen LogP contribution in [0.2, 0.25) is 0 Å². The Morgan fingerprint density at radius 1 is 1.42 bits per heavy atom. The minimum atomic E-state index is -0.464. The number of aryl methyl sites for hydroxylation is 1. The minimum Gasteiger partial charge on any atom is -0.364 e. The number of rotatable bonds is 4. The lowest BCUT2D eigenvalue weighted by Crippen LogP contribution is -2.30. The summed E-state index contributed by atoms with van der Waals surface area (Å²) in [6.45, 7) is 7.25. The van der Waals surface area contributed by atoms with Gasteiger partial charge in [0, 0.05) is 5.69 Å². The van der Waals surface area contributed by atoms with Gasteiger partial charge in [0.05, 0.1) is 0 Å². The van der Waals surface area contributed by atoms with E-state index in [0.29, 0.717) is 16.3 Å². The number of fused-ring (bicyclic) bond motifs is 2. The zero-order chi connectivity index (χ0) is 17.1. The first-order chi connectivity index (χ1) is 11.3. The summed E-state index contributed by atoms with van der Waals surface area (Å²) in [5.74, 6) is 2.09. The van der Waals surface area contributed by atoms with Gasteiger partial charge in [-0.3, -0.25) is 4.79 Å². The van der Waals surface area contributed by atoms with E-state index in [9.17, 15) is 4.79 Å². The third kappa shape index (κ3) is 2.83. The summed E-state index contributed by atoms with van der Waals surface area (Å²) in [5.41, 5.74) is 9.06. The van der Waals surface area contributed by atoms with Crippen LogP contribution in [0.3, 0.4) is 0 Å². The van der Waals surface area contributed by atoms with E-state index >= 15 is 0 Å². The van der Waals surface area contributed by atoms with E-state index in [4.69, 9.17) is 10.7 Å². The van der Waals surface area contributed by atoms with Gasteiger partial charge >= 0.3 is 0 Å². The lowest BCUT2D eigenvalue weighted by Gasteiger charge is -2.38. The number of hydrogen-bond acceptors (Lipinski definition) is 4. The maximum Gasteiger partial charge on any atom is 0.277 e. The predicted octanol–water partition coefficient (Wildman–Crippen LogP) is 3.97. The molecular formula is C19H25N3OS. The maximum absolute atomic E-state index is 11.4. The summed E-state index contributed by atoms with van der Waals surface area (Å²) in [5, 5.41) is 0.361. The van der Waals surface area contributed by atoms with E-state index in [0.717, 1.165) is 35.0 Å². The Bertz CT molecular complexity index is 810. The molecule has 2 aliphatic carbocycles. The van der Waals surface area contributed by atoms with Crippen LogP contribution in [0.5, 0.6) is 0 Å². The molecule has 2 aromatic rings. The van der Waals surface area contributed by atoms with Crippen molar-refractivity contribution in [2.45, 2.75) is 52.9 Å². The molecule has 1 fully saturated rings. The molecule has 0 radical (unpaired) electrons. The first-order valence-electron chi connectivity index (χ1n) is 8.92. The normalized spacial score (nSPS) is 26.4. The van der Waals surface area contributed by atoms with Crippen LogP contribution in [-0.2, 0) is 12.8 Å². The smallest absolute Gasteiger partial charge is 0.277 e. The molecule has 2 aromatic heterocycles. The van der Waals surface area contributed by atoms with Gasteiger partial charge in [0.2, 0.25) is 0 Å². The SMILES string of the molecule is CC1C[C@@H]1CC(C)(C)C1CCc2nc3sc(C(N)=O)nc3cc2C1. The Labute approximate surface area is 146 Å². The molecule has 0 spiro atoms. The molecule has 5 heteroatoms. The monoisotopic (exact) mass is 343 g/mol. The van der Waals surface area contributed by atoms with Gasteiger partial charge in [0.1, 0.15) is 10.3 Å². The summed E-state index contributed by atoms with van der Waals surface area (Å²) in [6, 6.07) is 2.14. The molecule has 24 heavy (non-hydrogen) atoms. The van der Waals surface area contributed by atoms with Gasteiger partial charge in [-0.2, -0.15) is 0 Å². The number of pyridine rings is 1. The lowest BCUT2D eigenvalue weighted by molar-refractivity contribution is 0.1000. The highest BCUT2D eigenvalue weighted by Gasteiger charge is 2.41. The number of thiazole rings is 1. The molecule has 3 atom stereocenters. The van der Waals surface area contributed by atoms with Gasteiger partial charge in [-0.15, -0.1) is 0 Å². The molecule has 4 nitrogen and oxygen atoms in total. The van der Waals surface area contributed by atoms with Crippen LogP contribution in [0.1, 0.15) is 61.1 Å². The third-order valence-corrected chi connectivity index (χ3v) is 7.11. The topological polar surface area (TPSA) is 68.9 Å². The first kappa shape index (κ1) is 16.0. The van der Waals surface area contributed by atoms with Crippen molar-refractivity contribution in [2.75, 3.05) is 0 Å². The van der Waals surface area contributed by atoms with E-state index in [1.165, 1.54) is 41.9 Å². The standard InChI is InChI=1S/C19H25N3OS/c1-10-6-12(10)9-19(2,3)13-4-5-14-11(7-13)8-15-17(21-14)24-18(22-15)16(20)23/h8,10,12-13H,4-7,9H2,1-3H3,(H2,20,23)/t10?,12-,13?/m1/s1. The summed E-state index contributed by atoms with van der Waals surface area (Å²) in [6.07, 6.45) is 6.07. The van der Waals surface area contributed by atoms with Crippen LogP contribution in [-0.4, -0.2) is 15.9 Å². The number of nitrogens with zero attached hydrogens (tertiary/aromatic N) is 2. The molecule has 2 unspecified atom stereocenters. The van der Waals surface area contributed by atoms with Gasteiger partial charge in [-0.25, -0.2) is 9.97 Å². The summed E-state index contributed by atoms with van der Waals surface area (Å²) >= 11 is 1.30. The number of nitrogens with two attached hydrogens (primary N) is 1. The van der Waals surface area contributed by atoms with Crippen molar-refractivity contribution in [3.05, 3.63) is 22.3 Å². The van der Waals surface area contributed by atoms with Gasteiger partial charge in [0.25, 0.3) is 5.91 Å². The van der Waals surface area contributed by atoms with Crippen LogP contribution in [0.25, 0.3) is 10.3 Å². The predicted molar refractivity (Wildman–Crippen MR) is 97.1 cm³/mol. The van der Waals surface area contributed by atoms with Crippen molar-refractivity contribution >= 4 is 27.6 Å². The summed E-state index contributed by atoms with van der Waals surface area (Å²) < 4.78 is 0. The van der Waals surface area contributed by atoms with Crippen molar-refractivity contribution in [3.63, 3.8) is 0 Å². The number of amides is 1. The summed E-state index contributed by atoms with van der Waals surface area (Å²) in [4.78, 5) is 21.3. The molecule has 4 rings (SSSR count).